The summed E-state index contributed by atoms with van der Waals surface area (Å²) >= 11 is 1.57. The molecule has 6 heteroatoms. The van der Waals surface area contributed by atoms with Crippen molar-refractivity contribution in [2.45, 2.75) is 19.8 Å². The number of nitrogen functional groups attached to an aromatic ring is 1. The highest BCUT2D eigenvalue weighted by molar-refractivity contribution is 7.07. The Morgan fingerprint density at radius 1 is 1.45 bits per heavy atom. The lowest BCUT2D eigenvalue weighted by molar-refractivity contribution is 0.301. The van der Waals surface area contributed by atoms with E-state index in [2.05, 4.69) is 10.3 Å². The van der Waals surface area contributed by atoms with Gasteiger partial charge in [-0.1, -0.05) is 6.92 Å². The van der Waals surface area contributed by atoms with Gasteiger partial charge < -0.3 is 15.8 Å². The minimum absolute atomic E-state index is 0.234. The molecule has 3 N–H and O–H groups in total. The summed E-state index contributed by atoms with van der Waals surface area (Å²) in [6.45, 7) is 3.15. The molecule has 0 amide bonds. The molecule has 0 aliphatic heterocycles. The van der Waals surface area contributed by atoms with E-state index in [9.17, 15) is 4.39 Å². The molecule has 20 heavy (non-hydrogen) atoms. The maximum absolute atomic E-state index is 13.7. The summed E-state index contributed by atoms with van der Waals surface area (Å²) in [6.07, 6.45) is 1.63. The van der Waals surface area contributed by atoms with E-state index >= 15 is 0 Å². The average Bonchev–Trinajstić information content (AvgIpc) is 2.93. The third kappa shape index (κ3) is 3.84. The molecular formula is C14H18FN3OS. The van der Waals surface area contributed by atoms with Crippen LogP contribution in [0.4, 0.5) is 15.8 Å². The molecule has 1 heterocycles. The summed E-state index contributed by atoms with van der Waals surface area (Å²) in [6, 6.07) is 2.90. The number of nitrogens with zero attached hydrogens (tertiary/aromatic N) is 1. The number of hydrogen-bond donors (Lipinski definition) is 2. The number of nitrogens with two attached hydrogens (primary N) is 1. The van der Waals surface area contributed by atoms with E-state index in [0.29, 0.717) is 24.5 Å². The molecule has 2 rings (SSSR count). The van der Waals surface area contributed by atoms with Gasteiger partial charge in [0.05, 0.1) is 29.2 Å². The van der Waals surface area contributed by atoms with Crippen molar-refractivity contribution in [3.63, 3.8) is 0 Å². The molecule has 0 spiro atoms. The predicted molar refractivity (Wildman–Crippen MR) is 80.9 cm³/mol. The zero-order valence-corrected chi connectivity index (χ0v) is 12.2. The van der Waals surface area contributed by atoms with Crippen molar-refractivity contribution in [1.82, 2.24) is 4.98 Å². The molecule has 0 unspecified atom stereocenters. The molecule has 0 fully saturated rings. The van der Waals surface area contributed by atoms with Gasteiger partial charge in [-0.2, -0.15) is 0 Å². The Balaban J connectivity index is 1.99. The molecule has 2 aromatic rings. The first-order valence-electron chi connectivity index (χ1n) is 6.53. The second-order valence-electron chi connectivity index (χ2n) is 4.37. The van der Waals surface area contributed by atoms with E-state index in [-0.39, 0.29) is 5.75 Å². The highest BCUT2D eigenvalue weighted by Gasteiger charge is 2.09. The van der Waals surface area contributed by atoms with E-state index in [0.717, 1.165) is 18.5 Å². The van der Waals surface area contributed by atoms with Crippen LogP contribution >= 0.6 is 11.3 Å². The lowest BCUT2D eigenvalue weighted by Crippen LogP contribution is -2.08. The Morgan fingerprint density at radius 3 is 3.00 bits per heavy atom. The van der Waals surface area contributed by atoms with Crippen molar-refractivity contribution < 1.29 is 9.13 Å². The van der Waals surface area contributed by atoms with Crippen LogP contribution in [0.1, 0.15) is 19.0 Å². The van der Waals surface area contributed by atoms with Crippen LogP contribution in [0.5, 0.6) is 5.75 Å². The van der Waals surface area contributed by atoms with Crippen LogP contribution in [-0.2, 0) is 6.42 Å². The number of hydrogen-bond acceptors (Lipinski definition) is 5. The number of rotatable bonds is 7. The van der Waals surface area contributed by atoms with Crippen LogP contribution in [0, 0.1) is 5.82 Å². The van der Waals surface area contributed by atoms with Gasteiger partial charge in [0.2, 0.25) is 0 Å². The third-order valence-electron chi connectivity index (χ3n) is 2.75. The second kappa shape index (κ2) is 7.09. The summed E-state index contributed by atoms with van der Waals surface area (Å²) in [4.78, 5) is 4.20. The third-order valence-corrected chi connectivity index (χ3v) is 3.38. The van der Waals surface area contributed by atoms with Gasteiger partial charge in [-0.3, -0.25) is 0 Å². The molecule has 4 nitrogen and oxygen atoms in total. The summed E-state index contributed by atoms with van der Waals surface area (Å²) in [7, 11) is 0. The topological polar surface area (TPSA) is 60.2 Å². The first-order valence-corrected chi connectivity index (χ1v) is 7.47. The first-order chi connectivity index (χ1) is 9.70. The van der Waals surface area contributed by atoms with Crippen molar-refractivity contribution in [2.75, 3.05) is 24.2 Å². The molecule has 0 atom stereocenters. The number of aromatic nitrogens is 1. The molecular weight excluding hydrogens is 277 g/mol. The summed E-state index contributed by atoms with van der Waals surface area (Å²) in [5.41, 5.74) is 9.71. The van der Waals surface area contributed by atoms with E-state index < -0.39 is 5.82 Å². The smallest absolute Gasteiger partial charge is 0.167 e. The molecule has 0 bridgehead atoms. The van der Waals surface area contributed by atoms with Gasteiger partial charge in [0.25, 0.3) is 0 Å². The average molecular weight is 295 g/mol. The molecule has 0 saturated heterocycles. The molecule has 0 saturated carbocycles. The second-order valence-corrected chi connectivity index (χ2v) is 5.09. The summed E-state index contributed by atoms with van der Waals surface area (Å²) in [5, 5.41) is 5.19. The molecule has 0 aliphatic rings. The fraction of sp³-hybridized carbons (Fsp3) is 0.357. The number of benzene rings is 1. The van der Waals surface area contributed by atoms with Crippen molar-refractivity contribution in [3.05, 3.63) is 34.5 Å². The number of anilines is 2. The molecule has 0 aliphatic carbocycles. The van der Waals surface area contributed by atoms with Gasteiger partial charge >= 0.3 is 0 Å². The first kappa shape index (κ1) is 14.6. The van der Waals surface area contributed by atoms with Crippen molar-refractivity contribution >= 4 is 22.7 Å². The van der Waals surface area contributed by atoms with Gasteiger partial charge in [-0.15, -0.1) is 11.3 Å². The zero-order valence-electron chi connectivity index (χ0n) is 11.4. The van der Waals surface area contributed by atoms with Gasteiger partial charge in [-0.25, -0.2) is 9.37 Å². The van der Waals surface area contributed by atoms with Gasteiger partial charge in [-0.05, 0) is 6.42 Å². The van der Waals surface area contributed by atoms with Crippen molar-refractivity contribution in [1.29, 1.82) is 0 Å². The maximum atomic E-state index is 13.7. The molecule has 0 radical (unpaired) electrons. The zero-order chi connectivity index (χ0) is 14.4. The minimum Gasteiger partial charge on any atom is -0.490 e. The van der Waals surface area contributed by atoms with Crippen LogP contribution < -0.4 is 15.8 Å². The van der Waals surface area contributed by atoms with Gasteiger partial charge in [0.1, 0.15) is 0 Å². The van der Waals surface area contributed by atoms with E-state index in [1.54, 1.807) is 22.9 Å². The SMILES string of the molecule is CCCOc1cc(NCCc2cscn2)c(N)cc1F. The van der Waals surface area contributed by atoms with Crippen LogP contribution in [0.25, 0.3) is 0 Å². The fourth-order valence-electron chi connectivity index (χ4n) is 1.73. The van der Waals surface area contributed by atoms with Crippen LogP contribution in [0.2, 0.25) is 0 Å². The predicted octanol–water partition coefficient (Wildman–Crippen LogP) is 3.31. The number of nitrogens with one attached hydrogen (secondary N) is 1. The summed E-state index contributed by atoms with van der Waals surface area (Å²) < 4.78 is 19.0. The van der Waals surface area contributed by atoms with E-state index in [1.165, 1.54) is 6.07 Å². The maximum Gasteiger partial charge on any atom is 0.167 e. The number of halogens is 1. The van der Waals surface area contributed by atoms with E-state index in [1.807, 2.05) is 12.3 Å². The quantitative estimate of drug-likeness (QED) is 0.769. The molecule has 1 aromatic heterocycles. The monoisotopic (exact) mass is 295 g/mol. The van der Waals surface area contributed by atoms with E-state index in [4.69, 9.17) is 10.5 Å². The Kier molecular flexibility index (Phi) is 5.17. The normalized spacial score (nSPS) is 10.5. The van der Waals surface area contributed by atoms with Crippen LogP contribution in [0.15, 0.2) is 23.0 Å². The van der Waals surface area contributed by atoms with Gasteiger partial charge in [0.15, 0.2) is 11.6 Å². The Hall–Kier alpha value is -1.82. The summed E-state index contributed by atoms with van der Waals surface area (Å²) in [5.74, 6) is -0.196. The van der Waals surface area contributed by atoms with Crippen LogP contribution in [-0.4, -0.2) is 18.1 Å². The lowest BCUT2D eigenvalue weighted by Gasteiger charge is -2.12. The molecule has 1 aromatic carbocycles. The lowest BCUT2D eigenvalue weighted by atomic mass is 10.2. The molecule has 108 valence electrons. The van der Waals surface area contributed by atoms with Crippen molar-refractivity contribution in [3.8, 4) is 5.75 Å². The highest BCUT2D eigenvalue weighted by Crippen LogP contribution is 2.28. The van der Waals surface area contributed by atoms with Crippen LogP contribution in [0.3, 0.4) is 0 Å². The Bertz CT molecular complexity index is 546. The van der Waals surface area contributed by atoms with Crippen molar-refractivity contribution in [2.24, 2.45) is 0 Å². The fourth-order valence-corrected chi connectivity index (χ4v) is 2.32. The minimum atomic E-state index is -0.430. The standard InChI is InChI=1S/C14H18FN3OS/c1-2-5-19-14-7-13(12(16)6-11(14)15)17-4-3-10-8-20-9-18-10/h6-9,17H,2-5,16H2,1H3. The number of ether oxygens (including phenoxy) is 1. The van der Waals surface area contributed by atoms with Gasteiger partial charge in [0, 0.05) is 30.5 Å². The largest absolute Gasteiger partial charge is 0.490 e. The number of thiazole rings is 1. The Morgan fingerprint density at radius 2 is 2.30 bits per heavy atom. The Labute approximate surface area is 121 Å². The highest BCUT2D eigenvalue weighted by atomic mass is 32.1.